The van der Waals surface area contributed by atoms with E-state index in [1.54, 1.807) is 0 Å². The van der Waals surface area contributed by atoms with Gasteiger partial charge in [0.1, 0.15) is 0 Å². The van der Waals surface area contributed by atoms with Crippen molar-refractivity contribution < 1.29 is 0 Å². The van der Waals surface area contributed by atoms with Crippen molar-refractivity contribution in [2.75, 3.05) is 0 Å². The first-order chi connectivity index (χ1) is 7.21. The molecule has 2 aromatic rings. The van der Waals surface area contributed by atoms with Crippen molar-refractivity contribution in [3.05, 3.63) is 71.8 Å². The molecule has 0 heterocycles. The molecule has 0 heteroatoms. The molecule has 0 N–H and O–H groups in total. The normalized spacial score (nSPS) is 10.0. The Kier molecular flexibility index (Phi) is 5.67. The van der Waals surface area contributed by atoms with Gasteiger partial charge in [0.05, 0.1) is 0 Å². The highest BCUT2D eigenvalue weighted by atomic mass is 14.2. The molecule has 0 saturated heterocycles. The Balaban J connectivity index is 0.00000128. The lowest BCUT2D eigenvalue weighted by Crippen LogP contribution is -2.18. The van der Waals surface area contributed by atoms with Crippen molar-refractivity contribution in [1.82, 2.24) is 0 Å². The lowest BCUT2D eigenvalue weighted by atomic mass is 9.78. The number of hydrogen-bond donors (Lipinski definition) is 0. The maximum atomic E-state index is 2.26. The van der Waals surface area contributed by atoms with E-state index in [0.29, 0.717) is 0 Å². The second kappa shape index (κ2) is 6.24. The molecular formula is C17H24. The second-order valence-electron chi connectivity index (χ2n) is 4.36. The van der Waals surface area contributed by atoms with Gasteiger partial charge in [0.25, 0.3) is 0 Å². The molecule has 0 radical (unpaired) electrons. The fourth-order valence-electron chi connectivity index (χ4n) is 1.88. The van der Waals surface area contributed by atoms with Crippen LogP contribution in [-0.4, -0.2) is 0 Å². The first-order valence-electron chi connectivity index (χ1n) is 5.32. The Morgan fingerprint density at radius 2 is 0.882 bits per heavy atom. The molecule has 0 bridgehead atoms. The first-order valence-corrected chi connectivity index (χ1v) is 5.32. The summed E-state index contributed by atoms with van der Waals surface area (Å²) in [6.45, 7) is 4.52. The van der Waals surface area contributed by atoms with Gasteiger partial charge in [-0.1, -0.05) is 89.4 Å². The van der Waals surface area contributed by atoms with E-state index in [1.165, 1.54) is 11.1 Å². The zero-order chi connectivity index (χ0) is 10.7. The van der Waals surface area contributed by atoms with Crippen LogP contribution in [0.1, 0.15) is 39.8 Å². The van der Waals surface area contributed by atoms with Crippen LogP contribution in [0.15, 0.2) is 60.7 Å². The van der Waals surface area contributed by atoms with Gasteiger partial charge in [-0.05, 0) is 11.1 Å². The minimum atomic E-state index is 0. The summed E-state index contributed by atoms with van der Waals surface area (Å²) < 4.78 is 0. The summed E-state index contributed by atoms with van der Waals surface area (Å²) in [7, 11) is 0. The van der Waals surface area contributed by atoms with Crippen molar-refractivity contribution in [1.29, 1.82) is 0 Å². The summed E-state index contributed by atoms with van der Waals surface area (Å²) in [6.07, 6.45) is 0. The van der Waals surface area contributed by atoms with Crippen LogP contribution in [0.5, 0.6) is 0 Å². The van der Waals surface area contributed by atoms with Gasteiger partial charge >= 0.3 is 0 Å². The number of hydrogen-bond acceptors (Lipinski definition) is 0. The molecular weight excluding hydrogens is 204 g/mol. The minimum absolute atomic E-state index is 0. The van der Waals surface area contributed by atoms with Gasteiger partial charge < -0.3 is 0 Å². The van der Waals surface area contributed by atoms with Crippen LogP contribution >= 0.6 is 0 Å². The van der Waals surface area contributed by atoms with Crippen LogP contribution in [0.3, 0.4) is 0 Å². The third-order valence-electron chi connectivity index (χ3n) is 2.99. The molecule has 92 valence electrons. The van der Waals surface area contributed by atoms with E-state index < -0.39 is 0 Å². The lowest BCUT2D eigenvalue weighted by molar-refractivity contribution is 0.641. The highest BCUT2D eigenvalue weighted by Gasteiger charge is 2.21. The van der Waals surface area contributed by atoms with E-state index >= 15 is 0 Å². The van der Waals surface area contributed by atoms with E-state index in [4.69, 9.17) is 0 Å². The predicted molar refractivity (Wildman–Crippen MR) is 78.5 cm³/mol. The molecule has 2 aromatic carbocycles. The van der Waals surface area contributed by atoms with Gasteiger partial charge in [0, 0.05) is 5.41 Å². The van der Waals surface area contributed by atoms with Crippen LogP contribution in [0.25, 0.3) is 0 Å². The molecule has 0 aromatic heterocycles. The van der Waals surface area contributed by atoms with Gasteiger partial charge in [0.15, 0.2) is 0 Å². The van der Waals surface area contributed by atoms with Crippen LogP contribution < -0.4 is 0 Å². The number of benzene rings is 2. The summed E-state index contributed by atoms with van der Waals surface area (Å²) in [5.41, 5.74) is 2.80. The maximum absolute atomic E-state index is 2.26. The fourth-order valence-corrected chi connectivity index (χ4v) is 1.88. The molecule has 0 aliphatic carbocycles. The summed E-state index contributed by atoms with van der Waals surface area (Å²) >= 11 is 0. The minimum Gasteiger partial charge on any atom is -0.0776 e. The highest BCUT2D eigenvalue weighted by molar-refractivity contribution is 5.36. The van der Waals surface area contributed by atoms with Gasteiger partial charge in [-0.2, -0.15) is 0 Å². The van der Waals surface area contributed by atoms with E-state index in [-0.39, 0.29) is 20.3 Å². The molecule has 0 nitrogen and oxygen atoms in total. The van der Waals surface area contributed by atoms with Crippen LogP contribution in [0.4, 0.5) is 0 Å². The monoisotopic (exact) mass is 228 g/mol. The lowest BCUT2D eigenvalue weighted by Gasteiger charge is -2.25. The summed E-state index contributed by atoms with van der Waals surface area (Å²) in [5, 5.41) is 0. The summed E-state index contributed by atoms with van der Waals surface area (Å²) in [4.78, 5) is 0. The van der Waals surface area contributed by atoms with E-state index in [9.17, 15) is 0 Å². The third-order valence-corrected chi connectivity index (χ3v) is 2.99. The Morgan fingerprint density at radius 1 is 0.588 bits per heavy atom. The average molecular weight is 228 g/mol. The van der Waals surface area contributed by atoms with Gasteiger partial charge in [-0.3, -0.25) is 0 Å². The second-order valence-corrected chi connectivity index (χ2v) is 4.36. The fraction of sp³-hybridized carbons (Fsp3) is 0.294. The van der Waals surface area contributed by atoms with Crippen molar-refractivity contribution in [2.24, 2.45) is 0 Å². The molecule has 0 aliphatic heterocycles. The van der Waals surface area contributed by atoms with Crippen LogP contribution in [-0.2, 0) is 5.41 Å². The topological polar surface area (TPSA) is 0 Å². The molecule has 17 heavy (non-hydrogen) atoms. The Labute approximate surface area is 106 Å². The first kappa shape index (κ1) is 15.4. The SMILES string of the molecule is C.C.CC(C)(c1ccccc1)c1ccccc1. The Bertz CT molecular complexity index is 371. The van der Waals surface area contributed by atoms with Gasteiger partial charge in [-0.15, -0.1) is 0 Å². The van der Waals surface area contributed by atoms with E-state index in [0.717, 1.165) is 0 Å². The zero-order valence-corrected chi connectivity index (χ0v) is 9.27. The molecule has 0 aliphatic rings. The standard InChI is InChI=1S/C15H16.2CH4/c1-15(2,13-9-5-3-6-10-13)14-11-7-4-8-12-14;;/h3-12H,1-2H3;2*1H4. The zero-order valence-electron chi connectivity index (χ0n) is 9.27. The van der Waals surface area contributed by atoms with Crippen LogP contribution in [0, 0.1) is 0 Å². The summed E-state index contributed by atoms with van der Waals surface area (Å²) in [5.74, 6) is 0. The van der Waals surface area contributed by atoms with Gasteiger partial charge in [-0.25, -0.2) is 0 Å². The molecule has 0 amide bonds. The van der Waals surface area contributed by atoms with Crippen molar-refractivity contribution in [3.63, 3.8) is 0 Å². The van der Waals surface area contributed by atoms with E-state index in [2.05, 4.69) is 74.5 Å². The number of rotatable bonds is 2. The average Bonchev–Trinajstić information content (AvgIpc) is 2.31. The van der Waals surface area contributed by atoms with Gasteiger partial charge in [0.2, 0.25) is 0 Å². The smallest absolute Gasteiger partial charge is 0.0146 e. The van der Waals surface area contributed by atoms with Crippen LogP contribution in [0.2, 0.25) is 0 Å². The third kappa shape index (κ3) is 3.20. The highest BCUT2D eigenvalue weighted by Crippen LogP contribution is 2.30. The molecule has 2 rings (SSSR count). The molecule has 0 fully saturated rings. The van der Waals surface area contributed by atoms with Crippen molar-refractivity contribution in [3.8, 4) is 0 Å². The quantitative estimate of drug-likeness (QED) is 0.655. The van der Waals surface area contributed by atoms with Crippen molar-refractivity contribution in [2.45, 2.75) is 34.1 Å². The maximum Gasteiger partial charge on any atom is 0.0146 e. The molecule has 0 spiro atoms. The van der Waals surface area contributed by atoms with Crippen molar-refractivity contribution >= 4 is 0 Å². The Morgan fingerprint density at radius 3 is 1.18 bits per heavy atom. The Hall–Kier alpha value is -1.56. The summed E-state index contributed by atoms with van der Waals surface area (Å²) in [6, 6.07) is 21.3. The molecule has 0 unspecified atom stereocenters. The van der Waals surface area contributed by atoms with E-state index in [1.807, 2.05) is 0 Å². The predicted octanol–water partition coefficient (Wildman–Crippen LogP) is 5.28. The molecule has 0 atom stereocenters. The largest absolute Gasteiger partial charge is 0.0776 e. The molecule has 0 saturated carbocycles.